The molecule has 0 unspecified atom stereocenters. The summed E-state index contributed by atoms with van der Waals surface area (Å²) in [6, 6.07) is 6.56. The van der Waals surface area contributed by atoms with Crippen molar-refractivity contribution < 1.29 is 9.50 Å². The number of halogens is 1. The van der Waals surface area contributed by atoms with Crippen LogP contribution in [-0.2, 0) is 0 Å². The second kappa shape index (κ2) is 4.73. The van der Waals surface area contributed by atoms with Crippen molar-refractivity contribution in [1.29, 1.82) is 0 Å². The molecule has 0 spiro atoms. The molecule has 0 bridgehead atoms. The Morgan fingerprint density at radius 1 is 1.38 bits per heavy atom. The lowest BCUT2D eigenvalue weighted by molar-refractivity contribution is -0.0801. The van der Waals surface area contributed by atoms with Gasteiger partial charge in [0.1, 0.15) is 5.82 Å². The van der Waals surface area contributed by atoms with E-state index in [-0.39, 0.29) is 5.82 Å². The molecule has 1 fully saturated rings. The van der Waals surface area contributed by atoms with E-state index in [4.69, 9.17) is 0 Å². The summed E-state index contributed by atoms with van der Waals surface area (Å²) >= 11 is 1.72. The van der Waals surface area contributed by atoms with Gasteiger partial charge < -0.3 is 5.11 Å². The van der Waals surface area contributed by atoms with E-state index in [2.05, 4.69) is 4.90 Å². The topological polar surface area (TPSA) is 23.5 Å². The first kappa shape index (κ1) is 11.9. The molecule has 0 saturated carbocycles. The Morgan fingerprint density at radius 2 is 2.00 bits per heavy atom. The first-order valence-electron chi connectivity index (χ1n) is 5.38. The van der Waals surface area contributed by atoms with E-state index < -0.39 is 5.60 Å². The molecule has 1 aromatic rings. The van der Waals surface area contributed by atoms with Crippen LogP contribution < -0.4 is 0 Å². The molecule has 2 nitrogen and oxygen atoms in total. The van der Waals surface area contributed by atoms with Crippen molar-refractivity contribution in [2.45, 2.75) is 17.4 Å². The molecule has 2 rings (SSSR count). The van der Waals surface area contributed by atoms with Crippen molar-refractivity contribution in [2.75, 3.05) is 25.4 Å². The predicted octanol–water partition coefficient (Wildman–Crippen LogP) is 1.98. The van der Waals surface area contributed by atoms with Gasteiger partial charge in [0.15, 0.2) is 0 Å². The fraction of sp³-hybridized carbons (Fsp3) is 0.500. The van der Waals surface area contributed by atoms with Crippen LogP contribution in [0.2, 0.25) is 0 Å². The molecule has 1 aliphatic rings. The standard InChI is InChI=1S/C12H16FNOS/c1-12(15)8-14(9-12)6-7-16-11-4-2-10(13)3-5-11/h2-5,15H,6-9H2,1H3. The zero-order valence-corrected chi connectivity index (χ0v) is 10.1. The fourth-order valence-corrected chi connectivity index (χ4v) is 2.81. The van der Waals surface area contributed by atoms with E-state index >= 15 is 0 Å². The Labute approximate surface area is 99.5 Å². The minimum absolute atomic E-state index is 0.192. The normalized spacial score (nSPS) is 19.4. The predicted molar refractivity (Wildman–Crippen MR) is 64.2 cm³/mol. The number of thioether (sulfide) groups is 1. The Morgan fingerprint density at radius 3 is 2.56 bits per heavy atom. The summed E-state index contributed by atoms with van der Waals surface area (Å²) in [6.45, 7) is 4.35. The first-order valence-corrected chi connectivity index (χ1v) is 6.37. The monoisotopic (exact) mass is 241 g/mol. The van der Waals surface area contributed by atoms with E-state index in [0.29, 0.717) is 0 Å². The summed E-state index contributed by atoms with van der Waals surface area (Å²) in [5, 5.41) is 9.54. The third kappa shape index (κ3) is 3.20. The number of rotatable bonds is 4. The van der Waals surface area contributed by atoms with E-state index in [9.17, 15) is 9.50 Å². The number of aliphatic hydroxyl groups is 1. The van der Waals surface area contributed by atoms with Crippen LogP contribution in [0.5, 0.6) is 0 Å². The molecule has 0 aliphatic carbocycles. The maximum atomic E-state index is 12.6. The van der Waals surface area contributed by atoms with Gasteiger partial charge >= 0.3 is 0 Å². The lowest BCUT2D eigenvalue weighted by Crippen LogP contribution is -2.60. The van der Waals surface area contributed by atoms with Gasteiger partial charge in [0, 0.05) is 30.3 Å². The van der Waals surface area contributed by atoms with Crippen molar-refractivity contribution in [1.82, 2.24) is 4.90 Å². The van der Waals surface area contributed by atoms with Crippen LogP contribution in [0.4, 0.5) is 4.39 Å². The summed E-state index contributed by atoms with van der Waals surface area (Å²) < 4.78 is 12.6. The average molecular weight is 241 g/mol. The number of β-amino-alcohol motifs (C(OH)–C–C–N with tert-alkyl or cyclic N) is 1. The Balaban J connectivity index is 1.67. The number of nitrogens with zero attached hydrogens (tertiary/aromatic N) is 1. The maximum absolute atomic E-state index is 12.6. The third-order valence-electron chi connectivity index (χ3n) is 2.62. The van der Waals surface area contributed by atoms with Gasteiger partial charge in [-0.15, -0.1) is 11.8 Å². The van der Waals surface area contributed by atoms with Crippen LogP contribution in [0.15, 0.2) is 29.2 Å². The number of hydrogen-bond donors (Lipinski definition) is 1. The zero-order valence-electron chi connectivity index (χ0n) is 9.32. The van der Waals surface area contributed by atoms with E-state index in [1.54, 1.807) is 23.9 Å². The molecule has 0 atom stereocenters. The van der Waals surface area contributed by atoms with Crippen molar-refractivity contribution in [2.24, 2.45) is 0 Å². The highest BCUT2D eigenvalue weighted by Gasteiger charge is 2.35. The minimum Gasteiger partial charge on any atom is -0.388 e. The van der Waals surface area contributed by atoms with Gasteiger partial charge in [-0.2, -0.15) is 0 Å². The van der Waals surface area contributed by atoms with Crippen molar-refractivity contribution >= 4 is 11.8 Å². The molecule has 0 aromatic heterocycles. The Kier molecular flexibility index (Phi) is 3.52. The number of likely N-dealkylation sites (tertiary alicyclic amines) is 1. The zero-order chi connectivity index (χ0) is 11.6. The second-order valence-corrected chi connectivity index (χ2v) is 5.68. The van der Waals surface area contributed by atoms with Crippen molar-refractivity contribution in [3.8, 4) is 0 Å². The summed E-state index contributed by atoms with van der Waals surface area (Å²) in [5.74, 6) is 0.782. The van der Waals surface area contributed by atoms with Crippen molar-refractivity contribution in [3.63, 3.8) is 0 Å². The molecule has 1 saturated heterocycles. The fourth-order valence-electron chi connectivity index (χ4n) is 1.90. The number of hydrogen-bond acceptors (Lipinski definition) is 3. The van der Waals surface area contributed by atoms with E-state index in [0.717, 1.165) is 30.3 Å². The second-order valence-electron chi connectivity index (χ2n) is 4.51. The molecule has 16 heavy (non-hydrogen) atoms. The van der Waals surface area contributed by atoms with Gasteiger partial charge in [0.25, 0.3) is 0 Å². The molecule has 1 aliphatic heterocycles. The Bertz CT molecular complexity index is 345. The summed E-state index contributed by atoms with van der Waals surface area (Å²) in [4.78, 5) is 3.31. The van der Waals surface area contributed by atoms with Crippen LogP contribution in [0.25, 0.3) is 0 Å². The minimum atomic E-state index is -0.486. The van der Waals surface area contributed by atoms with Crippen LogP contribution in [0, 0.1) is 5.82 Å². The quantitative estimate of drug-likeness (QED) is 0.815. The highest BCUT2D eigenvalue weighted by Crippen LogP contribution is 2.22. The van der Waals surface area contributed by atoms with Crippen LogP contribution in [-0.4, -0.2) is 41.0 Å². The summed E-state index contributed by atoms with van der Waals surface area (Å²) in [6.07, 6.45) is 0. The SMILES string of the molecule is CC1(O)CN(CCSc2ccc(F)cc2)C1. The maximum Gasteiger partial charge on any atom is 0.123 e. The van der Waals surface area contributed by atoms with Gasteiger partial charge in [0.05, 0.1) is 5.60 Å². The van der Waals surface area contributed by atoms with E-state index in [1.165, 1.54) is 12.1 Å². The third-order valence-corrected chi connectivity index (χ3v) is 3.61. The van der Waals surface area contributed by atoms with Gasteiger partial charge in [-0.25, -0.2) is 4.39 Å². The summed E-state index contributed by atoms with van der Waals surface area (Å²) in [5.41, 5.74) is -0.486. The Hall–Kier alpha value is -0.580. The first-order chi connectivity index (χ1) is 7.55. The van der Waals surface area contributed by atoms with Gasteiger partial charge in [-0.3, -0.25) is 4.90 Å². The molecule has 4 heteroatoms. The smallest absolute Gasteiger partial charge is 0.123 e. The van der Waals surface area contributed by atoms with Crippen LogP contribution in [0.3, 0.4) is 0 Å². The molecule has 88 valence electrons. The van der Waals surface area contributed by atoms with E-state index in [1.807, 2.05) is 6.92 Å². The molecule has 1 N–H and O–H groups in total. The van der Waals surface area contributed by atoms with Crippen LogP contribution in [0.1, 0.15) is 6.92 Å². The number of benzene rings is 1. The molecular weight excluding hydrogens is 225 g/mol. The molecule has 1 aromatic carbocycles. The highest BCUT2D eigenvalue weighted by atomic mass is 32.2. The highest BCUT2D eigenvalue weighted by molar-refractivity contribution is 7.99. The molecular formula is C12H16FNOS. The van der Waals surface area contributed by atoms with Crippen molar-refractivity contribution in [3.05, 3.63) is 30.1 Å². The van der Waals surface area contributed by atoms with Crippen LogP contribution >= 0.6 is 11.8 Å². The lowest BCUT2D eigenvalue weighted by atomic mass is 9.97. The molecule has 0 radical (unpaired) electrons. The summed E-state index contributed by atoms with van der Waals surface area (Å²) in [7, 11) is 0. The largest absolute Gasteiger partial charge is 0.388 e. The van der Waals surface area contributed by atoms with Gasteiger partial charge in [0.2, 0.25) is 0 Å². The van der Waals surface area contributed by atoms with Gasteiger partial charge in [-0.05, 0) is 31.2 Å². The molecule has 0 amide bonds. The molecule has 1 heterocycles. The average Bonchev–Trinajstić information content (AvgIpc) is 2.18. The van der Waals surface area contributed by atoms with Gasteiger partial charge in [-0.1, -0.05) is 0 Å². The lowest BCUT2D eigenvalue weighted by Gasteiger charge is -2.44.